The molecule has 174 valence electrons. The fourth-order valence-electron chi connectivity index (χ4n) is 4.25. The second-order valence-corrected chi connectivity index (χ2v) is 10.2. The summed E-state index contributed by atoms with van der Waals surface area (Å²) in [4.78, 5) is 12.6. The van der Waals surface area contributed by atoms with Crippen LogP contribution in [0.3, 0.4) is 0 Å². The number of anilines is 1. The van der Waals surface area contributed by atoms with Crippen LogP contribution in [-0.2, 0) is 16.6 Å². The number of non-ortho nitro benzene ring substituents is 1. The lowest BCUT2D eigenvalue weighted by molar-refractivity contribution is -0.385. The molecule has 1 fully saturated rings. The highest BCUT2D eigenvalue weighted by atomic mass is 32.2. The molecule has 10 heteroatoms. The molecule has 1 aliphatic heterocycles. The van der Waals surface area contributed by atoms with Crippen LogP contribution >= 0.6 is 0 Å². The number of hydrogen-bond donors (Lipinski definition) is 0. The molecule has 9 nitrogen and oxygen atoms in total. The second-order valence-electron chi connectivity index (χ2n) is 8.27. The summed E-state index contributed by atoms with van der Waals surface area (Å²) in [6.07, 6.45) is 1.58. The Bertz CT molecular complexity index is 1280. The van der Waals surface area contributed by atoms with E-state index >= 15 is 0 Å². The minimum atomic E-state index is -3.85. The summed E-state index contributed by atoms with van der Waals surface area (Å²) in [5.74, 6) is 0. The van der Waals surface area contributed by atoms with Crippen molar-refractivity contribution in [2.24, 2.45) is 0 Å². The summed E-state index contributed by atoms with van der Waals surface area (Å²) < 4.78 is 30.0. The van der Waals surface area contributed by atoms with Gasteiger partial charge >= 0.3 is 0 Å². The maximum atomic E-state index is 13.4. The molecule has 1 aromatic heterocycles. The standard InChI is InChI=1S/C23H27N5O4S/c1-17-21(18(2)27(24-17)19-9-5-4-6-10-19)16-25(3)22-12-11-20(28(29)30)15-23(22)33(31,32)26-13-7-8-14-26/h4-6,9-12,15H,7-8,13-14,16H2,1-3H3. The molecule has 0 N–H and O–H groups in total. The van der Waals surface area contributed by atoms with E-state index < -0.39 is 14.9 Å². The first-order valence-corrected chi connectivity index (χ1v) is 12.2. The van der Waals surface area contributed by atoms with Crippen LogP contribution < -0.4 is 4.90 Å². The molecule has 0 spiro atoms. The Balaban J connectivity index is 1.73. The lowest BCUT2D eigenvalue weighted by Gasteiger charge is -2.25. The van der Waals surface area contributed by atoms with E-state index in [2.05, 4.69) is 5.10 Å². The highest BCUT2D eigenvalue weighted by molar-refractivity contribution is 7.89. The molecule has 0 atom stereocenters. The maximum absolute atomic E-state index is 13.4. The average Bonchev–Trinajstić information content (AvgIpc) is 3.44. The molecule has 4 rings (SSSR count). The molecule has 2 heterocycles. The van der Waals surface area contributed by atoms with Crippen molar-refractivity contribution in [3.63, 3.8) is 0 Å². The normalized spacial score (nSPS) is 14.5. The molecule has 0 bridgehead atoms. The Kier molecular flexibility index (Phi) is 6.22. The number of aryl methyl sites for hydroxylation is 1. The Morgan fingerprint density at radius 3 is 2.39 bits per heavy atom. The molecule has 2 aromatic carbocycles. The van der Waals surface area contributed by atoms with Crippen LogP contribution in [0, 0.1) is 24.0 Å². The molecule has 33 heavy (non-hydrogen) atoms. The smallest absolute Gasteiger partial charge is 0.270 e. The number of nitro groups is 1. The van der Waals surface area contributed by atoms with Crippen molar-refractivity contribution in [2.75, 3.05) is 25.0 Å². The molecular formula is C23H27N5O4S. The van der Waals surface area contributed by atoms with Gasteiger partial charge < -0.3 is 4.90 Å². The van der Waals surface area contributed by atoms with Crippen LogP contribution in [-0.4, -0.2) is 47.6 Å². The molecule has 0 saturated carbocycles. The molecule has 0 radical (unpaired) electrons. The lowest BCUT2D eigenvalue weighted by atomic mass is 10.1. The van der Waals surface area contributed by atoms with Crippen LogP contribution in [0.15, 0.2) is 53.4 Å². The van der Waals surface area contributed by atoms with Crippen LogP contribution in [0.1, 0.15) is 29.8 Å². The SMILES string of the molecule is Cc1nn(-c2ccccc2)c(C)c1CN(C)c1ccc([N+](=O)[O-])cc1S(=O)(=O)N1CCCC1. The Morgan fingerprint density at radius 1 is 1.09 bits per heavy atom. The van der Waals surface area contributed by atoms with Gasteiger partial charge in [-0.05, 0) is 44.9 Å². The van der Waals surface area contributed by atoms with E-state index in [1.165, 1.54) is 22.5 Å². The van der Waals surface area contributed by atoms with E-state index in [-0.39, 0.29) is 10.6 Å². The van der Waals surface area contributed by atoms with E-state index in [1.54, 1.807) is 7.05 Å². The van der Waals surface area contributed by atoms with Crippen LogP contribution in [0.25, 0.3) is 5.69 Å². The zero-order valence-corrected chi connectivity index (χ0v) is 19.7. The van der Waals surface area contributed by atoms with Crippen molar-refractivity contribution >= 4 is 21.4 Å². The molecule has 3 aromatic rings. The van der Waals surface area contributed by atoms with Crippen molar-refractivity contribution in [1.82, 2.24) is 14.1 Å². The summed E-state index contributed by atoms with van der Waals surface area (Å²) >= 11 is 0. The average molecular weight is 470 g/mol. The summed E-state index contributed by atoms with van der Waals surface area (Å²) in [6, 6.07) is 13.8. The topological polar surface area (TPSA) is 102 Å². The van der Waals surface area contributed by atoms with Crippen molar-refractivity contribution in [2.45, 2.75) is 38.1 Å². The molecule has 0 aliphatic carbocycles. The maximum Gasteiger partial charge on any atom is 0.270 e. The Morgan fingerprint density at radius 2 is 1.76 bits per heavy atom. The fraction of sp³-hybridized carbons (Fsp3) is 0.348. The van der Waals surface area contributed by atoms with Crippen LogP contribution in [0.5, 0.6) is 0 Å². The monoisotopic (exact) mass is 469 g/mol. The number of para-hydroxylation sites is 1. The van der Waals surface area contributed by atoms with Crippen molar-refractivity contribution in [1.29, 1.82) is 0 Å². The van der Waals surface area contributed by atoms with Crippen molar-refractivity contribution in [3.05, 3.63) is 75.6 Å². The van der Waals surface area contributed by atoms with Crippen molar-refractivity contribution < 1.29 is 13.3 Å². The molecule has 1 aliphatic rings. The third-order valence-corrected chi connectivity index (χ3v) is 8.01. The number of aromatic nitrogens is 2. The van der Waals surface area contributed by atoms with Gasteiger partial charge in [-0.3, -0.25) is 10.1 Å². The minimum absolute atomic E-state index is 0.0353. The summed E-state index contributed by atoms with van der Waals surface area (Å²) in [7, 11) is -2.06. The largest absolute Gasteiger partial charge is 0.369 e. The van der Waals surface area contributed by atoms with Gasteiger partial charge in [0.05, 0.1) is 22.0 Å². The van der Waals surface area contributed by atoms with Gasteiger partial charge in [-0.25, -0.2) is 13.1 Å². The van der Waals surface area contributed by atoms with E-state index in [1.807, 2.05) is 53.8 Å². The number of sulfonamides is 1. The van der Waals surface area contributed by atoms with Gasteiger partial charge in [0.2, 0.25) is 10.0 Å². The van der Waals surface area contributed by atoms with Gasteiger partial charge in [0.1, 0.15) is 4.90 Å². The second kappa shape index (κ2) is 8.95. The summed E-state index contributed by atoms with van der Waals surface area (Å²) in [5, 5.41) is 16.0. The first-order valence-electron chi connectivity index (χ1n) is 10.8. The predicted octanol–water partition coefficient (Wildman–Crippen LogP) is 3.82. The van der Waals surface area contributed by atoms with Crippen LogP contribution in [0.4, 0.5) is 11.4 Å². The van der Waals surface area contributed by atoms with Gasteiger partial charge in [0.25, 0.3) is 5.69 Å². The third-order valence-electron chi connectivity index (χ3n) is 6.09. The summed E-state index contributed by atoms with van der Waals surface area (Å²) in [5.41, 5.74) is 3.90. The lowest BCUT2D eigenvalue weighted by Crippen LogP contribution is -2.30. The third kappa shape index (κ3) is 4.36. The van der Waals surface area contributed by atoms with Gasteiger partial charge in [0, 0.05) is 50.1 Å². The van der Waals surface area contributed by atoms with Crippen molar-refractivity contribution in [3.8, 4) is 5.69 Å². The molecule has 1 saturated heterocycles. The zero-order chi connectivity index (χ0) is 23.8. The minimum Gasteiger partial charge on any atom is -0.369 e. The highest BCUT2D eigenvalue weighted by Gasteiger charge is 2.32. The van der Waals surface area contributed by atoms with Gasteiger partial charge in [-0.1, -0.05) is 18.2 Å². The number of nitrogens with zero attached hydrogens (tertiary/aromatic N) is 5. The number of rotatable bonds is 7. The zero-order valence-electron chi connectivity index (χ0n) is 18.9. The Hall–Kier alpha value is -3.24. The summed E-state index contributed by atoms with van der Waals surface area (Å²) in [6.45, 7) is 5.17. The Labute approximate surface area is 193 Å². The molecule has 0 amide bonds. The number of hydrogen-bond acceptors (Lipinski definition) is 6. The van der Waals surface area contributed by atoms with Gasteiger partial charge in [-0.2, -0.15) is 9.40 Å². The van der Waals surface area contributed by atoms with E-state index in [0.29, 0.717) is 25.3 Å². The quantitative estimate of drug-likeness (QED) is 0.385. The predicted molar refractivity (Wildman–Crippen MR) is 126 cm³/mol. The van der Waals surface area contributed by atoms with E-state index in [4.69, 9.17) is 0 Å². The van der Waals surface area contributed by atoms with Gasteiger partial charge in [-0.15, -0.1) is 0 Å². The molecular weight excluding hydrogens is 442 g/mol. The fourth-order valence-corrected chi connectivity index (χ4v) is 6.03. The van der Waals surface area contributed by atoms with Gasteiger partial charge in [0.15, 0.2) is 0 Å². The first-order chi connectivity index (χ1) is 15.7. The molecule has 0 unspecified atom stereocenters. The van der Waals surface area contributed by atoms with E-state index in [0.717, 1.165) is 35.5 Å². The first kappa shape index (κ1) is 22.9. The highest BCUT2D eigenvalue weighted by Crippen LogP contribution is 2.33. The number of nitro benzene ring substituents is 1. The van der Waals surface area contributed by atoms with Crippen LogP contribution in [0.2, 0.25) is 0 Å². The van der Waals surface area contributed by atoms with E-state index in [9.17, 15) is 18.5 Å². The number of benzene rings is 2.